The van der Waals surface area contributed by atoms with E-state index in [4.69, 9.17) is 5.73 Å². The Morgan fingerprint density at radius 3 is 2.53 bits per heavy atom. The van der Waals surface area contributed by atoms with Crippen molar-refractivity contribution in [2.45, 2.75) is 19.5 Å². The highest BCUT2D eigenvalue weighted by Gasteiger charge is 2.15. The van der Waals surface area contributed by atoms with E-state index in [9.17, 15) is 0 Å². The highest BCUT2D eigenvalue weighted by Crippen LogP contribution is 2.25. The van der Waals surface area contributed by atoms with Crippen molar-refractivity contribution in [2.75, 3.05) is 13.6 Å². The maximum atomic E-state index is 5.95. The van der Waals surface area contributed by atoms with E-state index in [-0.39, 0.29) is 6.04 Å². The van der Waals surface area contributed by atoms with E-state index in [0.717, 1.165) is 6.54 Å². The number of nitrogens with two attached hydrogens (primary N) is 1. The zero-order chi connectivity index (χ0) is 13.8. The molecular weight excluding hydrogens is 320 g/mol. The minimum Gasteiger partial charge on any atom is -0.329 e. The average molecular weight is 339 g/mol. The molecule has 1 atom stereocenters. The molecule has 0 spiro atoms. The normalized spacial score (nSPS) is 12.9. The highest BCUT2D eigenvalue weighted by atomic mass is 79.9. The van der Waals surface area contributed by atoms with E-state index in [1.54, 1.807) is 11.3 Å². The fourth-order valence-electron chi connectivity index (χ4n) is 2.19. The van der Waals surface area contributed by atoms with E-state index in [0.29, 0.717) is 6.54 Å². The number of halogens is 1. The second-order valence-electron chi connectivity index (χ2n) is 4.84. The molecule has 1 aromatic heterocycles. The molecule has 0 saturated heterocycles. The first-order valence-corrected chi connectivity index (χ1v) is 7.97. The molecule has 0 aliphatic rings. The zero-order valence-electron chi connectivity index (χ0n) is 11.3. The molecular formula is C15H19BrN2S. The summed E-state index contributed by atoms with van der Waals surface area (Å²) in [6, 6.07) is 11.1. The SMILES string of the molecule is Cc1ccc(C(CN)N(C)Cc2csc(Br)c2)cc1. The molecule has 0 aliphatic heterocycles. The van der Waals surface area contributed by atoms with Crippen molar-refractivity contribution in [3.05, 3.63) is 56.2 Å². The Morgan fingerprint density at radius 1 is 1.32 bits per heavy atom. The van der Waals surface area contributed by atoms with Crippen LogP contribution in [0.15, 0.2) is 39.5 Å². The minimum absolute atomic E-state index is 0.263. The van der Waals surface area contributed by atoms with Crippen molar-refractivity contribution >= 4 is 27.3 Å². The second kappa shape index (κ2) is 6.66. The van der Waals surface area contributed by atoms with Gasteiger partial charge >= 0.3 is 0 Å². The first kappa shape index (κ1) is 14.7. The third kappa shape index (κ3) is 3.89. The Labute approximate surface area is 127 Å². The fourth-order valence-corrected chi connectivity index (χ4v) is 3.39. The third-order valence-corrected chi connectivity index (χ3v) is 4.82. The van der Waals surface area contributed by atoms with Crippen LogP contribution in [0.2, 0.25) is 0 Å². The summed E-state index contributed by atoms with van der Waals surface area (Å²) in [5.41, 5.74) is 9.84. The molecule has 2 nitrogen and oxygen atoms in total. The number of hydrogen-bond donors (Lipinski definition) is 1. The lowest BCUT2D eigenvalue weighted by Gasteiger charge is -2.27. The van der Waals surface area contributed by atoms with Crippen molar-refractivity contribution in [2.24, 2.45) is 5.73 Å². The summed E-state index contributed by atoms with van der Waals surface area (Å²) in [6.07, 6.45) is 0. The van der Waals surface area contributed by atoms with Crippen LogP contribution in [0.25, 0.3) is 0 Å². The molecule has 0 saturated carbocycles. The van der Waals surface area contributed by atoms with E-state index in [1.807, 2.05) is 0 Å². The van der Waals surface area contributed by atoms with Crippen LogP contribution in [0.5, 0.6) is 0 Å². The second-order valence-corrected chi connectivity index (χ2v) is 7.13. The molecule has 4 heteroatoms. The fraction of sp³-hybridized carbons (Fsp3) is 0.333. The van der Waals surface area contributed by atoms with Gasteiger partial charge in [-0.3, -0.25) is 4.90 Å². The molecule has 2 aromatic rings. The van der Waals surface area contributed by atoms with Gasteiger partial charge in [-0.15, -0.1) is 11.3 Å². The van der Waals surface area contributed by atoms with Crippen LogP contribution in [-0.4, -0.2) is 18.5 Å². The molecule has 0 amide bonds. The zero-order valence-corrected chi connectivity index (χ0v) is 13.7. The van der Waals surface area contributed by atoms with Crippen LogP contribution in [0.4, 0.5) is 0 Å². The van der Waals surface area contributed by atoms with Gasteiger partial charge in [-0.05, 0) is 52.5 Å². The van der Waals surface area contributed by atoms with Gasteiger partial charge in [-0.1, -0.05) is 29.8 Å². The lowest BCUT2D eigenvalue weighted by molar-refractivity contribution is 0.242. The summed E-state index contributed by atoms with van der Waals surface area (Å²) in [4.78, 5) is 2.30. The van der Waals surface area contributed by atoms with Gasteiger partial charge in [0.2, 0.25) is 0 Å². The number of nitrogens with zero attached hydrogens (tertiary/aromatic N) is 1. The van der Waals surface area contributed by atoms with E-state index in [2.05, 4.69) is 70.5 Å². The number of thiophene rings is 1. The number of likely N-dealkylation sites (N-methyl/N-ethyl adjacent to an activating group) is 1. The van der Waals surface area contributed by atoms with Gasteiger partial charge in [0, 0.05) is 19.1 Å². The number of hydrogen-bond acceptors (Lipinski definition) is 3. The van der Waals surface area contributed by atoms with Crippen molar-refractivity contribution < 1.29 is 0 Å². The molecule has 2 N–H and O–H groups in total. The average Bonchev–Trinajstić information content (AvgIpc) is 2.78. The first-order chi connectivity index (χ1) is 9.10. The Bertz CT molecular complexity index is 521. The summed E-state index contributed by atoms with van der Waals surface area (Å²) in [6.45, 7) is 3.65. The predicted octanol–water partition coefficient (Wildman–Crippen LogP) is 3.95. The van der Waals surface area contributed by atoms with Gasteiger partial charge in [0.05, 0.1) is 3.79 Å². The van der Waals surface area contributed by atoms with E-state index >= 15 is 0 Å². The molecule has 102 valence electrons. The first-order valence-electron chi connectivity index (χ1n) is 6.30. The summed E-state index contributed by atoms with van der Waals surface area (Å²) in [7, 11) is 2.13. The van der Waals surface area contributed by atoms with Crippen molar-refractivity contribution in [3.8, 4) is 0 Å². The quantitative estimate of drug-likeness (QED) is 0.894. The molecule has 2 rings (SSSR count). The smallest absolute Gasteiger partial charge is 0.0701 e. The monoisotopic (exact) mass is 338 g/mol. The maximum Gasteiger partial charge on any atom is 0.0701 e. The predicted molar refractivity (Wildman–Crippen MR) is 86.5 cm³/mol. The lowest BCUT2D eigenvalue weighted by Crippen LogP contribution is -2.30. The van der Waals surface area contributed by atoms with Crippen LogP contribution in [0, 0.1) is 6.92 Å². The van der Waals surface area contributed by atoms with Gasteiger partial charge in [0.1, 0.15) is 0 Å². The molecule has 0 aliphatic carbocycles. The van der Waals surface area contributed by atoms with Crippen LogP contribution in [0.3, 0.4) is 0 Å². The lowest BCUT2D eigenvalue weighted by atomic mass is 10.0. The summed E-state index contributed by atoms with van der Waals surface area (Å²) >= 11 is 5.23. The maximum absolute atomic E-state index is 5.95. The van der Waals surface area contributed by atoms with Crippen molar-refractivity contribution in [3.63, 3.8) is 0 Å². The van der Waals surface area contributed by atoms with Crippen LogP contribution >= 0.6 is 27.3 Å². The minimum atomic E-state index is 0.263. The van der Waals surface area contributed by atoms with Crippen LogP contribution < -0.4 is 5.73 Å². The third-order valence-electron chi connectivity index (χ3n) is 3.27. The van der Waals surface area contributed by atoms with Gasteiger partial charge in [-0.2, -0.15) is 0 Å². The number of aryl methyl sites for hydroxylation is 1. The van der Waals surface area contributed by atoms with Gasteiger partial charge in [-0.25, -0.2) is 0 Å². The molecule has 1 heterocycles. The molecule has 0 fully saturated rings. The van der Waals surface area contributed by atoms with Crippen molar-refractivity contribution in [1.82, 2.24) is 4.90 Å². The standard InChI is InChI=1S/C15H19BrN2S/c1-11-3-5-13(6-4-11)14(8-17)18(2)9-12-7-15(16)19-10-12/h3-7,10,14H,8-9,17H2,1-2H3. The Morgan fingerprint density at radius 2 is 2.00 bits per heavy atom. The summed E-state index contributed by atoms with van der Waals surface area (Å²) in [5.74, 6) is 0. The van der Waals surface area contributed by atoms with Gasteiger partial charge in [0.15, 0.2) is 0 Å². The van der Waals surface area contributed by atoms with Crippen LogP contribution in [-0.2, 0) is 6.54 Å². The van der Waals surface area contributed by atoms with Gasteiger partial charge in [0.25, 0.3) is 0 Å². The Balaban J connectivity index is 2.10. The van der Waals surface area contributed by atoms with E-state index in [1.165, 1.54) is 20.5 Å². The molecule has 1 unspecified atom stereocenters. The molecule has 0 radical (unpaired) electrons. The molecule has 0 bridgehead atoms. The summed E-state index contributed by atoms with van der Waals surface area (Å²) < 4.78 is 1.18. The Kier molecular flexibility index (Phi) is 5.16. The molecule has 1 aromatic carbocycles. The van der Waals surface area contributed by atoms with Gasteiger partial charge < -0.3 is 5.73 Å². The number of benzene rings is 1. The topological polar surface area (TPSA) is 29.3 Å². The van der Waals surface area contributed by atoms with Crippen molar-refractivity contribution in [1.29, 1.82) is 0 Å². The number of rotatable bonds is 5. The largest absolute Gasteiger partial charge is 0.329 e. The molecule has 19 heavy (non-hydrogen) atoms. The summed E-state index contributed by atoms with van der Waals surface area (Å²) in [5, 5.41) is 2.18. The van der Waals surface area contributed by atoms with Crippen LogP contribution in [0.1, 0.15) is 22.7 Å². The Hall–Kier alpha value is -0.680. The van der Waals surface area contributed by atoms with E-state index < -0.39 is 0 Å². The highest BCUT2D eigenvalue weighted by molar-refractivity contribution is 9.11.